The fourth-order valence-corrected chi connectivity index (χ4v) is 4.23. The Morgan fingerprint density at radius 1 is 1.03 bits per heavy atom. The van der Waals surface area contributed by atoms with Crippen molar-refractivity contribution in [1.29, 1.82) is 0 Å². The van der Waals surface area contributed by atoms with E-state index in [9.17, 15) is 14.4 Å². The third-order valence-electron chi connectivity index (χ3n) is 5.91. The molecule has 3 aromatic carbocycles. The summed E-state index contributed by atoms with van der Waals surface area (Å²) in [6, 6.07) is 21.9. The summed E-state index contributed by atoms with van der Waals surface area (Å²) in [6.07, 6.45) is 4.63. The van der Waals surface area contributed by atoms with E-state index in [1.54, 1.807) is 48.5 Å². The van der Waals surface area contributed by atoms with Gasteiger partial charge in [-0.15, -0.1) is 5.10 Å². The largest absolute Gasteiger partial charge is 0.340 e. The molecule has 0 bridgehead atoms. The molecule has 0 aliphatic heterocycles. The number of anilines is 1. The minimum absolute atomic E-state index is 0.208. The number of rotatable bonds is 8. The van der Waals surface area contributed by atoms with Crippen molar-refractivity contribution in [3.05, 3.63) is 118 Å². The second-order valence-electron chi connectivity index (χ2n) is 8.66. The molecular weight excluding hydrogens is 518 g/mol. The zero-order valence-corrected chi connectivity index (χ0v) is 21.2. The first-order valence-corrected chi connectivity index (χ1v) is 12.3. The van der Waals surface area contributed by atoms with Gasteiger partial charge in [0.15, 0.2) is 0 Å². The van der Waals surface area contributed by atoms with Crippen LogP contribution in [0.15, 0.2) is 96.1 Å². The molecule has 0 saturated carbocycles. The van der Waals surface area contributed by atoms with Crippen LogP contribution in [0.5, 0.6) is 0 Å². The molecule has 10 nitrogen and oxygen atoms in total. The molecule has 0 fully saturated rings. The molecule has 2 amide bonds. The molecule has 0 aliphatic rings. The van der Waals surface area contributed by atoms with Crippen LogP contribution in [-0.4, -0.2) is 43.0 Å². The predicted molar refractivity (Wildman–Crippen MR) is 148 cm³/mol. The number of carbonyl (C=O) groups is 2. The smallest absolute Gasteiger partial charge is 0.248 e. The van der Waals surface area contributed by atoms with Crippen LogP contribution in [0.25, 0.3) is 22.7 Å². The van der Waals surface area contributed by atoms with Gasteiger partial charge in [-0.3, -0.25) is 14.4 Å². The SMILES string of the molecule is O=C(/C=C/c1cc(Cl)ccc1-n1cnnn1)NC(Cc1ccccc1)C(=O)Nc1ccc2[nH]c(=O)ccc2c1. The van der Waals surface area contributed by atoms with Crippen LogP contribution in [0, 0.1) is 0 Å². The van der Waals surface area contributed by atoms with Gasteiger partial charge in [-0.2, -0.15) is 4.68 Å². The van der Waals surface area contributed by atoms with Crippen molar-refractivity contribution in [2.24, 2.45) is 0 Å². The number of hydrogen-bond acceptors (Lipinski definition) is 6. The van der Waals surface area contributed by atoms with Gasteiger partial charge < -0.3 is 15.6 Å². The Kier molecular flexibility index (Phi) is 7.56. The van der Waals surface area contributed by atoms with Crippen molar-refractivity contribution in [2.45, 2.75) is 12.5 Å². The van der Waals surface area contributed by atoms with Gasteiger partial charge in [0, 0.05) is 45.7 Å². The van der Waals surface area contributed by atoms with Crippen LogP contribution in [0.4, 0.5) is 5.69 Å². The molecule has 11 heteroatoms. The third-order valence-corrected chi connectivity index (χ3v) is 6.14. The molecule has 0 saturated heterocycles. The minimum Gasteiger partial charge on any atom is -0.340 e. The molecule has 194 valence electrons. The Bertz CT molecular complexity index is 1720. The first-order valence-electron chi connectivity index (χ1n) is 11.9. The van der Waals surface area contributed by atoms with Gasteiger partial charge in [0.1, 0.15) is 12.4 Å². The average Bonchev–Trinajstić information content (AvgIpc) is 3.47. The highest BCUT2D eigenvalue weighted by atomic mass is 35.5. The molecule has 0 spiro atoms. The van der Waals surface area contributed by atoms with Crippen LogP contribution in [0.2, 0.25) is 5.02 Å². The Hall–Kier alpha value is -5.09. The van der Waals surface area contributed by atoms with Gasteiger partial charge in [-0.05, 0) is 64.5 Å². The second-order valence-corrected chi connectivity index (χ2v) is 9.09. The van der Waals surface area contributed by atoms with Crippen molar-refractivity contribution in [3.63, 3.8) is 0 Å². The first kappa shape index (κ1) is 25.6. The summed E-state index contributed by atoms with van der Waals surface area (Å²) in [5.74, 6) is -0.855. The lowest BCUT2D eigenvalue weighted by Gasteiger charge is -2.18. The fraction of sp³-hybridized carbons (Fsp3) is 0.0714. The molecule has 5 aromatic rings. The maximum atomic E-state index is 13.3. The van der Waals surface area contributed by atoms with E-state index in [-0.39, 0.29) is 17.9 Å². The number of nitrogens with one attached hydrogen (secondary N) is 3. The second kappa shape index (κ2) is 11.5. The number of hydrogen-bond donors (Lipinski definition) is 3. The number of pyridine rings is 1. The van der Waals surface area contributed by atoms with Gasteiger partial charge in [-0.1, -0.05) is 41.9 Å². The summed E-state index contributed by atoms with van der Waals surface area (Å²) in [6.45, 7) is 0. The molecule has 1 unspecified atom stereocenters. The zero-order chi connectivity index (χ0) is 27.2. The van der Waals surface area contributed by atoms with Crippen molar-refractivity contribution in [1.82, 2.24) is 30.5 Å². The number of benzene rings is 3. The number of nitrogens with zero attached hydrogens (tertiary/aromatic N) is 4. The Balaban J connectivity index is 1.36. The highest BCUT2D eigenvalue weighted by Crippen LogP contribution is 2.20. The summed E-state index contributed by atoms with van der Waals surface area (Å²) in [4.78, 5) is 40.6. The van der Waals surface area contributed by atoms with Crippen molar-refractivity contribution in [2.75, 3.05) is 5.32 Å². The van der Waals surface area contributed by atoms with Crippen LogP contribution in [0.1, 0.15) is 11.1 Å². The summed E-state index contributed by atoms with van der Waals surface area (Å²) in [5.41, 5.74) is 3.11. The van der Waals surface area contributed by atoms with E-state index in [1.165, 1.54) is 23.2 Å². The van der Waals surface area contributed by atoms with Gasteiger partial charge in [-0.25, -0.2) is 0 Å². The number of aromatic nitrogens is 5. The molecule has 5 rings (SSSR count). The maximum Gasteiger partial charge on any atom is 0.248 e. The van der Waals surface area contributed by atoms with E-state index in [0.29, 0.717) is 27.5 Å². The molecule has 0 radical (unpaired) electrons. The zero-order valence-electron chi connectivity index (χ0n) is 20.4. The number of halogens is 1. The standard InChI is InChI=1S/C28H22ClN7O3/c29-21-8-11-25(36-17-30-34-35-36)20(15-21)7-13-27(38)33-24(14-18-4-2-1-3-5-18)28(39)31-22-9-10-23-19(16-22)6-12-26(37)32-23/h1-13,15-17,24H,14H2,(H,31,39)(H,32,37)(H,33,38)/b13-7+. The van der Waals surface area contributed by atoms with Gasteiger partial charge in [0.05, 0.1) is 5.69 Å². The van der Waals surface area contributed by atoms with Gasteiger partial charge in [0.2, 0.25) is 17.4 Å². The van der Waals surface area contributed by atoms with Crippen LogP contribution in [0.3, 0.4) is 0 Å². The van der Waals surface area contributed by atoms with Crippen molar-refractivity contribution < 1.29 is 9.59 Å². The minimum atomic E-state index is -0.867. The predicted octanol–water partition coefficient (Wildman–Crippen LogP) is 3.54. The summed E-state index contributed by atoms with van der Waals surface area (Å²) in [5, 5.41) is 18.1. The van der Waals surface area contributed by atoms with E-state index < -0.39 is 11.9 Å². The van der Waals surface area contributed by atoms with Gasteiger partial charge >= 0.3 is 0 Å². The molecular formula is C28H22ClN7O3. The number of carbonyl (C=O) groups excluding carboxylic acids is 2. The molecule has 2 heterocycles. The third kappa shape index (κ3) is 6.43. The number of tetrazole rings is 1. The van der Waals surface area contributed by atoms with Gasteiger partial charge in [0.25, 0.3) is 0 Å². The lowest BCUT2D eigenvalue weighted by molar-refractivity contribution is -0.123. The van der Waals surface area contributed by atoms with E-state index in [1.807, 2.05) is 30.3 Å². The molecule has 0 aliphatic carbocycles. The monoisotopic (exact) mass is 539 g/mol. The summed E-state index contributed by atoms with van der Waals surface area (Å²) >= 11 is 6.17. The molecule has 39 heavy (non-hydrogen) atoms. The number of H-pyrrole nitrogens is 1. The molecule has 3 N–H and O–H groups in total. The maximum absolute atomic E-state index is 13.3. The Morgan fingerprint density at radius 2 is 1.87 bits per heavy atom. The quantitative estimate of drug-likeness (QED) is 0.258. The molecule has 1 atom stereocenters. The first-order chi connectivity index (χ1) is 18.9. The van der Waals surface area contributed by atoms with Crippen LogP contribution >= 0.6 is 11.6 Å². The molecule has 2 aromatic heterocycles. The summed E-state index contributed by atoms with van der Waals surface area (Å²) < 4.78 is 1.46. The normalized spacial score (nSPS) is 11.9. The van der Waals surface area contributed by atoms with E-state index in [2.05, 4.69) is 31.1 Å². The lowest BCUT2D eigenvalue weighted by atomic mass is 10.0. The van der Waals surface area contributed by atoms with Crippen molar-refractivity contribution in [3.8, 4) is 5.69 Å². The van der Waals surface area contributed by atoms with Crippen LogP contribution in [-0.2, 0) is 16.0 Å². The fourth-order valence-electron chi connectivity index (χ4n) is 4.04. The Morgan fingerprint density at radius 3 is 2.67 bits per heavy atom. The summed E-state index contributed by atoms with van der Waals surface area (Å²) in [7, 11) is 0. The highest BCUT2D eigenvalue weighted by molar-refractivity contribution is 6.30. The van der Waals surface area contributed by atoms with E-state index in [0.717, 1.165) is 10.9 Å². The lowest BCUT2D eigenvalue weighted by Crippen LogP contribution is -2.44. The topological polar surface area (TPSA) is 135 Å². The highest BCUT2D eigenvalue weighted by Gasteiger charge is 2.21. The Labute approximate surface area is 227 Å². The van der Waals surface area contributed by atoms with Crippen LogP contribution < -0.4 is 16.2 Å². The van der Waals surface area contributed by atoms with E-state index in [4.69, 9.17) is 11.6 Å². The number of amides is 2. The average molecular weight is 540 g/mol. The number of aromatic amines is 1. The van der Waals surface area contributed by atoms with Crippen molar-refractivity contribution >= 4 is 46.1 Å². The number of fused-ring (bicyclic) bond motifs is 1. The van der Waals surface area contributed by atoms with E-state index >= 15 is 0 Å².